The van der Waals surface area contributed by atoms with Gasteiger partial charge in [-0.15, -0.1) is 0 Å². The Hall–Kier alpha value is -2.57. The summed E-state index contributed by atoms with van der Waals surface area (Å²) in [5, 5.41) is 16.2. The lowest BCUT2D eigenvalue weighted by Crippen LogP contribution is -2.28. The Bertz CT molecular complexity index is 839. The minimum atomic E-state index is -0.770. The quantitative estimate of drug-likeness (QED) is 0.591. The predicted molar refractivity (Wildman–Crippen MR) is 108 cm³/mol. The number of rotatable bonds is 8. The number of aliphatic hydroxyl groups is 1. The zero-order valence-corrected chi connectivity index (χ0v) is 16.2. The maximum atomic E-state index is 11.9. The zero-order valence-electron chi connectivity index (χ0n) is 15.4. The summed E-state index contributed by atoms with van der Waals surface area (Å²) in [6.45, 7) is 0.566. The average molecular weight is 403 g/mol. The normalized spacial score (nSPS) is 14.0. The number of hydrogen-bond acceptors (Lipinski definition) is 4. The Labute approximate surface area is 168 Å². The van der Waals surface area contributed by atoms with Gasteiger partial charge >= 0.3 is 0 Å². The van der Waals surface area contributed by atoms with Crippen molar-refractivity contribution in [1.82, 2.24) is 5.32 Å². The zero-order chi connectivity index (χ0) is 19.9. The van der Waals surface area contributed by atoms with Gasteiger partial charge < -0.3 is 20.5 Å². The SMILES string of the molecule is O=C(CCCOc1ccc2c(c1)CCC(=O)N2)NCC(O)c1ccc(Cl)cc1. The molecule has 3 N–H and O–H groups in total. The van der Waals surface area contributed by atoms with E-state index in [1.165, 1.54) is 0 Å². The van der Waals surface area contributed by atoms with Gasteiger partial charge in [-0.05, 0) is 54.3 Å². The maximum Gasteiger partial charge on any atom is 0.224 e. The molecular formula is C21H23ClN2O4. The van der Waals surface area contributed by atoms with E-state index in [4.69, 9.17) is 16.3 Å². The van der Waals surface area contributed by atoms with Crippen molar-refractivity contribution < 1.29 is 19.4 Å². The third-order valence-corrected chi connectivity index (χ3v) is 4.79. The number of nitrogens with one attached hydrogen (secondary N) is 2. The smallest absolute Gasteiger partial charge is 0.224 e. The van der Waals surface area contributed by atoms with E-state index in [-0.39, 0.29) is 18.4 Å². The molecule has 2 aromatic rings. The van der Waals surface area contributed by atoms with Gasteiger partial charge in [-0.2, -0.15) is 0 Å². The highest BCUT2D eigenvalue weighted by atomic mass is 35.5. The van der Waals surface area contributed by atoms with Crippen LogP contribution < -0.4 is 15.4 Å². The molecule has 1 heterocycles. The van der Waals surface area contributed by atoms with Gasteiger partial charge in [-0.25, -0.2) is 0 Å². The minimum absolute atomic E-state index is 0.0355. The first-order valence-corrected chi connectivity index (χ1v) is 9.65. The summed E-state index contributed by atoms with van der Waals surface area (Å²) in [4.78, 5) is 23.3. The van der Waals surface area contributed by atoms with E-state index < -0.39 is 6.10 Å². The summed E-state index contributed by atoms with van der Waals surface area (Å²) in [5.41, 5.74) is 2.60. The monoisotopic (exact) mass is 402 g/mol. The van der Waals surface area contributed by atoms with E-state index >= 15 is 0 Å². The predicted octanol–water partition coefficient (Wildman–Crippen LogP) is 3.23. The molecular weight excluding hydrogens is 380 g/mol. The molecule has 0 aliphatic carbocycles. The van der Waals surface area contributed by atoms with Crippen LogP contribution in [0, 0.1) is 0 Å². The molecule has 6 nitrogen and oxygen atoms in total. The summed E-state index contributed by atoms with van der Waals surface area (Å²) >= 11 is 5.82. The van der Waals surface area contributed by atoms with Crippen LogP contribution >= 0.6 is 11.6 Å². The molecule has 1 aliphatic rings. The van der Waals surface area contributed by atoms with Crippen molar-refractivity contribution >= 4 is 29.1 Å². The standard InChI is InChI=1S/C21H23ClN2O4/c22-16-6-3-14(4-7-16)19(25)13-23-20(26)2-1-11-28-17-8-9-18-15(12-17)5-10-21(27)24-18/h3-4,6-9,12,19,25H,1-2,5,10-11,13H2,(H,23,26)(H,24,27). The largest absolute Gasteiger partial charge is 0.494 e. The molecule has 2 aromatic carbocycles. The molecule has 0 saturated carbocycles. The molecule has 0 radical (unpaired) electrons. The Morgan fingerprint density at radius 1 is 1.21 bits per heavy atom. The number of halogens is 1. The number of fused-ring (bicyclic) bond motifs is 1. The maximum absolute atomic E-state index is 11.9. The number of amides is 2. The Morgan fingerprint density at radius 3 is 2.79 bits per heavy atom. The summed E-state index contributed by atoms with van der Waals surface area (Å²) < 4.78 is 5.70. The number of benzene rings is 2. The topological polar surface area (TPSA) is 87.7 Å². The van der Waals surface area contributed by atoms with E-state index in [2.05, 4.69) is 10.6 Å². The Morgan fingerprint density at radius 2 is 2.00 bits per heavy atom. The van der Waals surface area contributed by atoms with Gasteiger partial charge in [0.25, 0.3) is 0 Å². The second-order valence-electron chi connectivity index (χ2n) is 6.69. The lowest BCUT2D eigenvalue weighted by molar-refractivity contribution is -0.121. The highest BCUT2D eigenvalue weighted by Gasteiger charge is 2.15. The van der Waals surface area contributed by atoms with Crippen molar-refractivity contribution in [2.45, 2.75) is 31.8 Å². The van der Waals surface area contributed by atoms with Crippen LogP contribution in [0.4, 0.5) is 5.69 Å². The number of anilines is 1. The number of aliphatic hydroxyl groups excluding tert-OH is 1. The van der Waals surface area contributed by atoms with Gasteiger partial charge in [0.15, 0.2) is 0 Å². The fourth-order valence-electron chi connectivity index (χ4n) is 2.97. The van der Waals surface area contributed by atoms with Crippen molar-refractivity contribution in [3.05, 3.63) is 58.6 Å². The molecule has 0 spiro atoms. The van der Waals surface area contributed by atoms with Crippen LogP contribution in [0.5, 0.6) is 5.75 Å². The van der Waals surface area contributed by atoms with Crippen molar-refractivity contribution in [2.75, 3.05) is 18.5 Å². The average Bonchev–Trinajstić information content (AvgIpc) is 2.70. The van der Waals surface area contributed by atoms with Crippen molar-refractivity contribution in [1.29, 1.82) is 0 Å². The van der Waals surface area contributed by atoms with Gasteiger partial charge in [0.2, 0.25) is 11.8 Å². The third-order valence-electron chi connectivity index (χ3n) is 4.54. The Kier molecular flexibility index (Phi) is 6.90. The minimum Gasteiger partial charge on any atom is -0.494 e. The summed E-state index contributed by atoms with van der Waals surface area (Å²) in [6.07, 6.45) is 1.30. The highest BCUT2D eigenvalue weighted by molar-refractivity contribution is 6.30. The molecule has 1 aliphatic heterocycles. The molecule has 1 atom stereocenters. The number of hydrogen-bond donors (Lipinski definition) is 3. The highest BCUT2D eigenvalue weighted by Crippen LogP contribution is 2.26. The second kappa shape index (κ2) is 9.57. The molecule has 0 saturated heterocycles. The summed E-state index contributed by atoms with van der Waals surface area (Å²) in [5.74, 6) is 0.631. The molecule has 1 unspecified atom stereocenters. The number of carbonyl (C=O) groups excluding carboxylic acids is 2. The lowest BCUT2D eigenvalue weighted by atomic mass is 10.0. The molecule has 2 amide bonds. The van der Waals surface area contributed by atoms with Crippen molar-refractivity contribution in [3.63, 3.8) is 0 Å². The van der Waals surface area contributed by atoms with Gasteiger partial charge in [-0.1, -0.05) is 23.7 Å². The van der Waals surface area contributed by atoms with Gasteiger partial charge in [0.1, 0.15) is 5.75 Å². The number of ether oxygens (including phenoxy) is 1. The molecule has 0 fully saturated rings. The van der Waals surface area contributed by atoms with Crippen LogP contribution in [0.2, 0.25) is 5.02 Å². The lowest BCUT2D eigenvalue weighted by Gasteiger charge is -2.17. The van der Waals surface area contributed by atoms with E-state index in [0.717, 1.165) is 17.0 Å². The van der Waals surface area contributed by atoms with Crippen LogP contribution in [-0.4, -0.2) is 30.1 Å². The van der Waals surface area contributed by atoms with Crippen LogP contribution in [-0.2, 0) is 16.0 Å². The summed E-state index contributed by atoms with van der Waals surface area (Å²) in [7, 11) is 0. The molecule has 3 rings (SSSR count). The van der Waals surface area contributed by atoms with Crippen LogP contribution in [0.1, 0.15) is 36.5 Å². The van der Waals surface area contributed by atoms with E-state index in [1.54, 1.807) is 24.3 Å². The first kappa shape index (κ1) is 20.2. The number of carbonyl (C=O) groups is 2. The van der Waals surface area contributed by atoms with Crippen molar-refractivity contribution in [3.8, 4) is 5.75 Å². The number of aryl methyl sites for hydroxylation is 1. The van der Waals surface area contributed by atoms with Crippen LogP contribution in [0.3, 0.4) is 0 Å². The molecule has 0 bridgehead atoms. The van der Waals surface area contributed by atoms with E-state index in [9.17, 15) is 14.7 Å². The third kappa shape index (κ3) is 5.71. The van der Waals surface area contributed by atoms with Gasteiger partial charge in [0, 0.05) is 30.1 Å². The fourth-order valence-corrected chi connectivity index (χ4v) is 3.10. The van der Waals surface area contributed by atoms with Gasteiger partial charge in [0.05, 0.1) is 12.7 Å². The first-order chi connectivity index (χ1) is 13.5. The summed E-state index contributed by atoms with van der Waals surface area (Å²) in [6, 6.07) is 12.5. The molecule has 0 aromatic heterocycles. The fraction of sp³-hybridized carbons (Fsp3) is 0.333. The van der Waals surface area contributed by atoms with Crippen LogP contribution in [0.15, 0.2) is 42.5 Å². The second-order valence-corrected chi connectivity index (χ2v) is 7.13. The molecule has 28 heavy (non-hydrogen) atoms. The van der Waals surface area contributed by atoms with Gasteiger partial charge in [-0.3, -0.25) is 9.59 Å². The van der Waals surface area contributed by atoms with E-state index in [1.807, 2.05) is 18.2 Å². The molecule has 148 valence electrons. The molecule has 7 heteroatoms. The van der Waals surface area contributed by atoms with Crippen molar-refractivity contribution in [2.24, 2.45) is 0 Å². The Balaban J connectivity index is 1.35. The van der Waals surface area contributed by atoms with E-state index in [0.29, 0.717) is 42.9 Å². The van der Waals surface area contributed by atoms with Crippen LogP contribution in [0.25, 0.3) is 0 Å². The first-order valence-electron chi connectivity index (χ1n) is 9.27.